The number of rotatable bonds is 3. The van der Waals surface area contributed by atoms with Gasteiger partial charge in [0.1, 0.15) is 6.54 Å². The van der Waals surface area contributed by atoms with Crippen LogP contribution in [0.15, 0.2) is 12.4 Å². The van der Waals surface area contributed by atoms with E-state index in [-0.39, 0.29) is 6.54 Å². The second kappa shape index (κ2) is 4.01. The summed E-state index contributed by atoms with van der Waals surface area (Å²) in [6, 6.07) is 0.795. The molecule has 0 aliphatic rings. The largest absolute Gasteiger partial charge is 0.534 e. The van der Waals surface area contributed by atoms with Crippen molar-refractivity contribution in [1.29, 1.82) is 5.26 Å². The normalized spacial score (nSPS) is 12.1. The zero-order chi connectivity index (χ0) is 12.4. The van der Waals surface area contributed by atoms with Crippen LogP contribution in [0.1, 0.15) is 0 Å². The predicted molar refractivity (Wildman–Crippen MR) is 43.4 cm³/mol. The van der Waals surface area contributed by atoms with Crippen molar-refractivity contribution in [2.75, 3.05) is 0 Å². The highest BCUT2D eigenvalue weighted by atomic mass is 32.2. The Kier molecular flexibility index (Phi) is 3.09. The van der Waals surface area contributed by atoms with Crippen LogP contribution in [0, 0.1) is 11.3 Å². The van der Waals surface area contributed by atoms with Crippen LogP contribution in [-0.2, 0) is 16.7 Å². The standard InChI is InChI=1S/C6H4F3N3O3S/c7-6(8,9)16(13,14)15-5-11-2-4-12(5)3-1-10/h2,4H,3H2. The fourth-order valence-electron chi connectivity index (χ4n) is 0.727. The molecule has 0 N–H and O–H groups in total. The lowest BCUT2D eigenvalue weighted by Crippen LogP contribution is -2.29. The number of aromatic nitrogens is 2. The third-order valence-electron chi connectivity index (χ3n) is 1.39. The van der Waals surface area contributed by atoms with Gasteiger partial charge in [0, 0.05) is 12.4 Å². The number of halogens is 3. The molecule has 1 aromatic rings. The van der Waals surface area contributed by atoms with E-state index in [2.05, 4.69) is 9.17 Å². The first-order valence-electron chi connectivity index (χ1n) is 3.67. The smallest absolute Gasteiger partial charge is 0.338 e. The number of nitriles is 1. The Morgan fingerprint density at radius 2 is 2.19 bits per heavy atom. The maximum Gasteiger partial charge on any atom is 0.534 e. The summed E-state index contributed by atoms with van der Waals surface area (Å²) >= 11 is 0. The van der Waals surface area contributed by atoms with E-state index in [1.807, 2.05) is 0 Å². The SMILES string of the molecule is N#CCn1ccnc1OS(=O)(=O)C(F)(F)F. The second-order valence-corrected chi connectivity index (χ2v) is 4.02. The third kappa shape index (κ3) is 2.43. The molecule has 1 rings (SSSR count). The molecule has 0 aliphatic carbocycles. The van der Waals surface area contributed by atoms with E-state index >= 15 is 0 Å². The summed E-state index contributed by atoms with van der Waals surface area (Å²) in [5.74, 6) is 0. The van der Waals surface area contributed by atoms with Crippen molar-refractivity contribution in [3.63, 3.8) is 0 Å². The van der Waals surface area contributed by atoms with Crippen molar-refractivity contribution in [2.24, 2.45) is 0 Å². The molecule has 0 amide bonds. The average Bonchev–Trinajstić information content (AvgIpc) is 2.51. The first kappa shape index (κ1) is 12.3. The van der Waals surface area contributed by atoms with Gasteiger partial charge in [0.2, 0.25) is 0 Å². The number of hydrogen-bond acceptors (Lipinski definition) is 5. The van der Waals surface area contributed by atoms with Crippen LogP contribution in [0.2, 0.25) is 0 Å². The summed E-state index contributed by atoms with van der Waals surface area (Å²) in [4.78, 5) is 3.24. The molecule has 0 aliphatic heterocycles. The molecule has 6 nitrogen and oxygen atoms in total. The monoisotopic (exact) mass is 255 g/mol. The minimum atomic E-state index is -5.75. The highest BCUT2D eigenvalue weighted by Gasteiger charge is 2.49. The Balaban J connectivity index is 2.98. The molecule has 0 radical (unpaired) electrons. The average molecular weight is 255 g/mol. The number of imidazole rings is 1. The van der Waals surface area contributed by atoms with Crippen LogP contribution >= 0.6 is 0 Å². The molecule has 88 valence electrons. The van der Waals surface area contributed by atoms with Gasteiger partial charge < -0.3 is 4.18 Å². The molecule has 0 saturated heterocycles. The number of nitrogens with zero attached hydrogens (tertiary/aromatic N) is 3. The Bertz CT molecular complexity index is 513. The first-order chi connectivity index (χ1) is 7.28. The zero-order valence-electron chi connectivity index (χ0n) is 7.47. The molecular weight excluding hydrogens is 251 g/mol. The quantitative estimate of drug-likeness (QED) is 0.584. The molecule has 0 unspecified atom stereocenters. The third-order valence-corrected chi connectivity index (χ3v) is 2.32. The van der Waals surface area contributed by atoms with E-state index in [1.54, 1.807) is 6.07 Å². The summed E-state index contributed by atoms with van der Waals surface area (Å²) in [6.45, 7) is -0.372. The van der Waals surface area contributed by atoms with Gasteiger partial charge in [-0.25, -0.2) is 4.98 Å². The van der Waals surface area contributed by atoms with Gasteiger partial charge in [-0.05, 0) is 0 Å². The fraction of sp³-hybridized carbons (Fsp3) is 0.333. The van der Waals surface area contributed by atoms with E-state index in [9.17, 15) is 21.6 Å². The highest BCUT2D eigenvalue weighted by Crippen LogP contribution is 2.25. The number of alkyl halides is 3. The Labute approximate surface area is 88.0 Å². The summed E-state index contributed by atoms with van der Waals surface area (Å²) < 4.78 is 61.5. The molecule has 1 heterocycles. The molecule has 16 heavy (non-hydrogen) atoms. The van der Waals surface area contributed by atoms with Crippen molar-refractivity contribution in [1.82, 2.24) is 9.55 Å². The molecule has 0 saturated carbocycles. The van der Waals surface area contributed by atoms with Crippen LogP contribution in [0.5, 0.6) is 6.01 Å². The Hall–Kier alpha value is -1.76. The van der Waals surface area contributed by atoms with Crippen LogP contribution in [0.3, 0.4) is 0 Å². The van der Waals surface area contributed by atoms with Crippen molar-refractivity contribution < 1.29 is 25.8 Å². The molecule has 1 aromatic heterocycles. The lowest BCUT2D eigenvalue weighted by atomic mass is 10.7. The van der Waals surface area contributed by atoms with Crippen LogP contribution in [-0.4, -0.2) is 23.5 Å². The van der Waals surface area contributed by atoms with E-state index in [0.29, 0.717) is 0 Å². The molecule has 0 bridgehead atoms. The van der Waals surface area contributed by atoms with Gasteiger partial charge in [-0.15, -0.1) is 0 Å². The molecular formula is C6H4F3N3O3S. The van der Waals surface area contributed by atoms with Gasteiger partial charge in [0.15, 0.2) is 0 Å². The van der Waals surface area contributed by atoms with Crippen LogP contribution in [0.4, 0.5) is 13.2 Å². The second-order valence-electron chi connectivity index (χ2n) is 2.48. The van der Waals surface area contributed by atoms with E-state index in [0.717, 1.165) is 17.0 Å². The fourth-order valence-corrected chi connectivity index (χ4v) is 1.16. The van der Waals surface area contributed by atoms with Gasteiger partial charge in [0.25, 0.3) is 0 Å². The van der Waals surface area contributed by atoms with Crippen LogP contribution in [0.25, 0.3) is 0 Å². The van der Waals surface area contributed by atoms with Gasteiger partial charge in [-0.2, -0.15) is 26.9 Å². The summed E-state index contributed by atoms with van der Waals surface area (Å²) in [5, 5.41) is 8.29. The van der Waals surface area contributed by atoms with E-state index in [4.69, 9.17) is 5.26 Å². The lowest BCUT2D eigenvalue weighted by molar-refractivity contribution is -0.0503. The van der Waals surface area contributed by atoms with E-state index < -0.39 is 21.6 Å². The minimum Gasteiger partial charge on any atom is -0.338 e. The van der Waals surface area contributed by atoms with Crippen molar-refractivity contribution in [2.45, 2.75) is 12.1 Å². The molecule has 10 heteroatoms. The molecule has 0 atom stereocenters. The van der Waals surface area contributed by atoms with E-state index in [1.165, 1.54) is 0 Å². The minimum absolute atomic E-state index is 0.372. The molecule has 0 aromatic carbocycles. The van der Waals surface area contributed by atoms with Crippen LogP contribution < -0.4 is 4.18 Å². The van der Waals surface area contributed by atoms with Gasteiger partial charge in [-0.3, -0.25) is 4.57 Å². The van der Waals surface area contributed by atoms with Crippen molar-refractivity contribution in [3.05, 3.63) is 12.4 Å². The lowest BCUT2D eigenvalue weighted by Gasteiger charge is -2.08. The van der Waals surface area contributed by atoms with Crippen molar-refractivity contribution >= 4 is 10.1 Å². The summed E-state index contributed by atoms with van der Waals surface area (Å²) in [5.41, 5.74) is -5.53. The topological polar surface area (TPSA) is 85.0 Å². The zero-order valence-corrected chi connectivity index (χ0v) is 8.29. The van der Waals surface area contributed by atoms with Gasteiger partial charge >= 0.3 is 21.6 Å². The van der Waals surface area contributed by atoms with Gasteiger partial charge in [0.05, 0.1) is 6.07 Å². The van der Waals surface area contributed by atoms with Gasteiger partial charge in [-0.1, -0.05) is 0 Å². The summed E-state index contributed by atoms with van der Waals surface area (Å²) in [6.07, 6.45) is 2.13. The molecule has 0 spiro atoms. The maximum absolute atomic E-state index is 11.9. The Morgan fingerprint density at radius 3 is 2.69 bits per heavy atom. The summed E-state index contributed by atoms with van der Waals surface area (Å²) in [7, 11) is -5.75. The maximum atomic E-state index is 11.9. The number of hydrogen-bond donors (Lipinski definition) is 0. The first-order valence-corrected chi connectivity index (χ1v) is 5.07. The predicted octanol–water partition coefficient (Wildman–Crippen LogP) is 0.635. The molecule has 0 fully saturated rings. The van der Waals surface area contributed by atoms with Crippen molar-refractivity contribution in [3.8, 4) is 12.1 Å². The Morgan fingerprint density at radius 1 is 1.56 bits per heavy atom. The highest BCUT2D eigenvalue weighted by molar-refractivity contribution is 7.87.